The minimum Gasteiger partial charge on any atom is -0.340 e. The third kappa shape index (κ3) is 3.29. The number of benzene rings is 1. The number of hydrogen-bond donors (Lipinski definition) is 1. The van der Waals surface area contributed by atoms with Crippen LogP contribution in [0.5, 0.6) is 0 Å². The van der Waals surface area contributed by atoms with Crippen molar-refractivity contribution in [3.8, 4) is 0 Å². The molecule has 0 spiro atoms. The molecule has 0 fully saturated rings. The van der Waals surface area contributed by atoms with Crippen LogP contribution >= 0.6 is 31.9 Å². The highest BCUT2D eigenvalue weighted by atomic mass is 79.9. The molecule has 1 aromatic carbocycles. The molecule has 2 aromatic rings. The van der Waals surface area contributed by atoms with Crippen molar-refractivity contribution in [2.75, 3.05) is 5.32 Å². The van der Waals surface area contributed by atoms with E-state index in [4.69, 9.17) is 0 Å². The molecule has 0 atom stereocenters. The van der Waals surface area contributed by atoms with Crippen molar-refractivity contribution < 1.29 is 0 Å². The summed E-state index contributed by atoms with van der Waals surface area (Å²) in [6.45, 7) is 4.10. The van der Waals surface area contributed by atoms with Gasteiger partial charge in [-0.05, 0) is 40.5 Å². The zero-order valence-electron chi connectivity index (χ0n) is 10.2. The Kier molecular flexibility index (Phi) is 4.35. The molecular weight excluding hydrogens is 358 g/mol. The first-order chi connectivity index (χ1) is 8.58. The fourth-order valence-corrected chi connectivity index (χ4v) is 2.31. The Morgan fingerprint density at radius 3 is 2.61 bits per heavy atom. The molecule has 0 amide bonds. The third-order valence-corrected chi connectivity index (χ3v) is 3.76. The molecule has 0 unspecified atom stereocenters. The molecule has 94 valence electrons. The van der Waals surface area contributed by atoms with Gasteiger partial charge in [-0.25, -0.2) is 9.97 Å². The van der Waals surface area contributed by atoms with Crippen LogP contribution in [0.3, 0.4) is 0 Å². The van der Waals surface area contributed by atoms with E-state index in [1.165, 1.54) is 5.56 Å². The lowest BCUT2D eigenvalue weighted by Crippen LogP contribution is -1.99. The van der Waals surface area contributed by atoms with Gasteiger partial charge >= 0.3 is 0 Å². The molecule has 3 nitrogen and oxygen atoms in total. The minimum absolute atomic E-state index is 0.794. The van der Waals surface area contributed by atoms with Gasteiger partial charge in [-0.15, -0.1) is 0 Å². The van der Waals surface area contributed by atoms with E-state index in [1.54, 1.807) is 0 Å². The Balaban J connectivity index is 2.27. The van der Waals surface area contributed by atoms with E-state index >= 15 is 0 Å². The lowest BCUT2D eigenvalue weighted by molar-refractivity contribution is 0.931. The zero-order chi connectivity index (χ0) is 13.1. The van der Waals surface area contributed by atoms with Gasteiger partial charge in [-0.1, -0.05) is 28.9 Å². The molecule has 1 aromatic heterocycles. The van der Waals surface area contributed by atoms with Crippen molar-refractivity contribution in [1.82, 2.24) is 9.97 Å². The lowest BCUT2D eigenvalue weighted by Gasteiger charge is -2.08. The smallest absolute Gasteiger partial charge is 0.135 e. The Hall–Kier alpha value is -0.940. The number of halogens is 2. The number of nitrogens with one attached hydrogen (secondary N) is 1. The molecule has 0 bridgehead atoms. The van der Waals surface area contributed by atoms with Crippen LogP contribution in [0.15, 0.2) is 33.3 Å². The summed E-state index contributed by atoms with van der Waals surface area (Å²) in [4.78, 5) is 8.71. The van der Waals surface area contributed by atoms with Crippen LogP contribution in [0, 0.1) is 6.92 Å². The van der Waals surface area contributed by atoms with Gasteiger partial charge in [-0.3, -0.25) is 0 Å². The van der Waals surface area contributed by atoms with Gasteiger partial charge < -0.3 is 5.32 Å². The third-order valence-electron chi connectivity index (χ3n) is 2.50. The highest BCUT2D eigenvalue weighted by molar-refractivity contribution is 9.10. The first-order valence-corrected chi connectivity index (χ1v) is 7.23. The van der Waals surface area contributed by atoms with Crippen LogP contribution in [0.2, 0.25) is 0 Å². The molecule has 0 aliphatic heterocycles. The summed E-state index contributed by atoms with van der Waals surface area (Å²) in [5.41, 5.74) is 2.21. The van der Waals surface area contributed by atoms with Crippen LogP contribution in [-0.2, 0) is 6.42 Å². The number of nitrogens with zero attached hydrogens (tertiary/aromatic N) is 2. The number of aromatic nitrogens is 2. The molecule has 0 radical (unpaired) electrons. The molecule has 2 rings (SSSR count). The van der Waals surface area contributed by atoms with Crippen molar-refractivity contribution in [1.29, 1.82) is 0 Å². The monoisotopic (exact) mass is 369 g/mol. The second-order valence-corrected chi connectivity index (χ2v) is 5.60. The normalized spacial score (nSPS) is 10.4. The van der Waals surface area contributed by atoms with E-state index < -0.39 is 0 Å². The van der Waals surface area contributed by atoms with Crippen LogP contribution in [0.4, 0.5) is 11.5 Å². The Bertz CT molecular complexity index is 570. The standard InChI is InChI=1S/C13H13Br2N3/c1-3-12-17-11(15)7-13(18-12)16-9-5-4-8(2)10(14)6-9/h4-7H,3H2,1-2H3,(H,16,17,18). The number of anilines is 2. The van der Waals surface area contributed by atoms with E-state index in [-0.39, 0.29) is 0 Å². The number of rotatable bonds is 3. The molecule has 1 heterocycles. The molecule has 1 N–H and O–H groups in total. The molecular formula is C13H13Br2N3. The molecule has 5 heteroatoms. The van der Waals surface area contributed by atoms with Crippen molar-refractivity contribution in [3.05, 3.63) is 44.7 Å². The predicted molar refractivity (Wildman–Crippen MR) is 81.3 cm³/mol. The summed E-state index contributed by atoms with van der Waals surface area (Å²) in [5.74, 6) is 1.61. The van der Waals surface area contributed by atoms with Gasteiger partial charge in [0.05, 0.1) is 0 Å². The lowest BCUT2D eigenvalue weighted by atomic mass is 10.2. The summed E-state index contributed by atoms with van der Waals surface area (Å²) < 4.78 is 1.87. The van der Waals surface area contributed by atoms with Gasteiger partial charge in [0.15, 0.2) is 0 Å². The highest BCUT2D eigenvalue weighted by Gasteiger charge is 2.03. The maximum absolute atomic E-state index is 4.43. The van der Waals surface area contributed by atoms with Gasteiger partial charge in [0.25, 0.3) is 0 Å². The molecule has 18 heavy (non-hydrogen) atoms. The Morgan fingerprint density at radius 2 is 1.94 bits per heavy atom. The summed E-state index contributed by atoms with van der Waals surface area (Å²) in [7, 11) is 0. The second kappa shape index (κ2) is 5.80. The topological polar surface area (TPSA) is 37.8 Å². The van der Waals surface area contributed by atoms with Gasteiger partial charge in [0.2, 0.25) is 0 Å². The van der Waals surface area contributed by atoms with Gasteiger partial charge in [0, 0.05) is 22.6 Å². The van der Waals surface area contributed by atoms with Crippen LogP contribution < -0.4 is 5.32 Å². The maximum Gasteiger partial charge on any atom is 0.135 e. The van der Waals surface area contributed by atoms with Crippen LogP contribution in [0.25, 0.3) is 0 Å². The highest BCUT2D eigenvalue weighted by Crippen LogP contribution is 2.23. The van der Waals surface area contributed by atoms with Crippen molar-refractivity contribution in [2.24, 2.45) is 0 Å². The Labute approximate surface area is 123 Å². The van der Waals surface area contributed by atoms with E-state index in [0.29, 0.717) is 0 Å². The average Bonchev–Trinajstić information content (AvgIpc) is 2.33. The summed E-state index contributed by atoms with van der Waals surface area (Å²) >= 11 is 6.91. The number of aryl methyl sites for hydroxylation is 2. The molecule has 0 aliphatic rings. The fraction of sp³-hybridized carbons (Fsp3) is 0.231. The quantitative estimate of drug-likeness (QED) is 0.801. The summed E-state index contributed by atoms with van der Waals surface area (Å²) in [6, 6.07) is 8.00. The van der Waals surface area contributed by atoms with Crippen molar-refractivity contribution >= 4 is 43.4 Å². The van der Waals surface area contributed by atoms with E-state index in [9.17, 15) is 0 Å². The average molecular weight is 371 g/mol. The summed E-state index contributed by atoms with van der Waals surface area (Å²) in [6.07, 6.45) is 0.811. The maximum atomic E-state index is 4.43. The van der Waals surface area contributed by atoms with E-state index in [0.717, 1.165) is 32.8 Å². The second-order valence-electron chi connectivity index (χ2n) is 3.93. The summed E-state index contributed by atoms with van der Waals surface area (Å²) in [5, 5.41) is 3.28. The molecule has 0 saturated carbocycles. The van der Waals surface area contributed by atoms with E-state index in [1.807, 2.05) is 25.1 Å². The first kappa shape index (κ1) is 13.5. The predicted octanol–water partition coefficient (Wildman–Crippen LogP) is 4.62. The van der Waals surface area contributed by atoms with Crippen LogP contribution in [-0.4, -0.2) is 9.97 Å². The van der Waals surface area contributed by atoms with Crippen molar-refractivity contribution in [3.63, 3.8) is 0 Å². The largest absolute Gasteiger partial charge is 0.340 e. The zero-order valence-corrected chi connectivity index (χ0v) is 13.3. The van der Waals surface area contributed by atoms with Crippen molar-refractivity contribution in [2.45, 2.75) is 20.3 Å². The van der Waals surface area contributed by atoms with Gasteiger partial charge in [0.1, 0.15) is 16.2 Å². The molecule has 0 aliphatic carbocycles. The van der Waals surface area contributed by atoms with Gasteiger partial charge in [-0.2, -0.15) is 0 Å². The SMILES string of the molecule is CCc1nc(Br)cc(Nc2ccc(C)c(Br)c2)n1. The Morgan fingerprint density at radius 1 is 1.17 bits per heavy atom. The minimum atomic E-state index is 0.794. The number of hydrogen-bond acceptors (Lipinski definition) is 3. The van der Waals surface area contributed by atoms with Crippen LogP contribution in [0.1, 0.15) is 18.3 Å². The fourth-order valence-electron chi connectivity index (χ4n) is 1.51. The van der Waals surface area contributed by atoms with E-state index in [2.05, 4.69) is 60.1 Å². The first-order valence-electron chi connectivity index (χ1n) is 5.65. The molecule has 0 saturated heterocycles.